The SMILES string of the molecule is CCCN(Cc1nccn1C)C(=O)Nc1cc(C(C)=O)ccc1OCC. The zero-order chi connectivity index (χ0) is 19.1. The maximum atomic E-state index is 12.8. The molecule has 0 saturated heterocycles. The molecule has 1 N–H and O–H groups in total. The first-order valence-electron chi connectivity index (χ1n) is 8.76. The van der Waals surface area contributed by atoms with E-state index < -0.39 is 0 Å². The van der Waals surface area contributed by atoms with Crippen LogP contribution in [0.3, 0.4) is 0 Å². The first-order valence-corrected chi connectivity index (χ1v) is 8.76. The summed E-state index contributed by atoms with van der Waals surface area (Å²) in [6.07, 6.45) is 4.38. The molecule has 2 aromatic rings. The highest BCUT2D eigenvalue weighted by molar-refractivity contribution is 5.97. The molecule has 1 aromatic heterocycles. The highest BCUT2D eigenvalue weighted by atomic mass is 16.5. The summed E-state index contributed by atoms with van der Waals surface area (Å²) in [5, 5.41) is 2.88. The van der Waals surface area contributed by atoms with E-state index >= 15 is 0 Å². The van der Waals surface area contributed by atoms with Crippen LogP contribution in [0.1, 0.15) is 43.4 Å². The Bertz CT molecular complexity index is 770. The maximum absolute atomic E-state index is 12.8. The molecule has 0 bridgehead atoms. The number of carbonyl (C=O) groups is 2. The van der Waals surface area contributed by atoms with Crippen LogP contribution in [-0.2, 0) is 13.6 Å². The van der Waals surface area contributed by atoms with Gasteiger partial charge in [0.1, 0.15) is 11.6 Å². The lowest BCUT2D eigenvalue weighted by Crippen LogP contribution is -2.36. The number of carbonyl (C=O) groups excluding carboxylic acids is 2. The third kappa shape index (κ3) is 4.84. The van der Waals surface area contributed by atoms with Crippen molar-refractivity contribution in [2.24, 2.45) is 7.05 Å². The number of rotatable bonds is 8. The van der Waals surface area contributed by atoms with Crippen LogP contribution >= 0.6 is 0 Å². The minimum absolute atomic E-state index is 0.0676. The Morgan fingerprint density at radius 2 is 2.08 bits per heavy atom. The van der Waals surface area contributed by atoms with Crippen LogP contribution < -0.4 is 10.1 Å². The van der Waals surface area contributed by atoms with Gasteiger partial charge in [-0.05, 0) is 38.5 Å². The fourth-order valence-corrected chi connectivity index (χ4v) is 2.56. The van der Waals surface area contributed by atoms with E-state index in [2.05, 4.69) is 10.3 Å². The van der Waals surface area contributed by atoms with E-state index in [1.165, 1.54) is 6.92 Å². The number of ether oxygens (including phenoxy) is 1. The molecule has 7 heteroatoms. The van der Waals surface area contributed by atoms with Crippen LogP contribution in [-0.4, -0.2) is 39.4 Å². The lowest BCUT2D eigenvalue weighted by molar-refractivity contribution is 0.101. The van der Waals surface area contributed by atoms with E-state index in [1.54, 1.807) is 29.3 Å². The second-order valence-electron chi connectivity index (χ2n) is 6.01. The summed E-state index contributed by atoms with van der Waals surface area (Å²) in [7, 11) is 1.90. The van der Waals surface area contributed by atoms with Crippen molar-refractivity contribution in [3.63, 3.8) is 0 Å². The van der Waals surface area contributed by atoms with Crippen LogP contribution in [0.2, 0.25) is 0 Å². The highest BCUT2D eigenvalue weighted by Crippen LogP contribution is 2.26. The molecule has 0 aliphatic carbocycles. The maximum Gasteiger partial charge on any atom is 0.322 e. The minimum atomic E-state index is -0.253. The van der Waals surface area contributed by atoms with E-state index in [1.807, 2.05) is 31.7 Å². The number of ketones is 1. The van der Waals surface area contributed by atoms with Crippen molar-refractivity contribution in [1.29, 1.82) is 0 Å². The molecule has 0 aliphatic heterocycles. The van der Waals surface area contributed by atoms with Crippen LogP contribution in [0.5, 0.6) is 5.75 Å². The standard InChI is InChI=1S/C19H26N4O3/c1-5-10-23(13-18-20-9-11-22(18)4)19(25)21-16-12-15(14(3)24)7-8-17(16)26-6-2/h7-9,11-12H,5-6,10,13H2,1-4H3,(H,21,25). The minimum Gasteiger partial charge on any atom is -0.492 e. The van der Waals surface area contributed by atoms with E-state index in [0.717, 1.165) is 12.2 Å². The summed E-state index contributed by atoms with van der Waals surface area (Å²) in [5.74, 6) is 1.28. The van der Waals surface area contributed by atoms with Crippen LogP contribution in [0.25, 0.3) is 0 Å². The van der Waals surface area contributed by atoms with Gasteiger partial charge in [0, 0.05) is 31.5 Å². The van der Waals surface area contributed by atoms with E-state index in [-0.39, 0.29) is 11.8 Å². The first-order chi connectivity index (χ1) is 12.5. The summed E-state index contributed by atoms with van der Waals surface area (Å²) in [4.78, 5) is 30.5. The monoisotopic (exact) mass is 358 g/mol. The summed E-state index contributed by atoms with van der Waals surface area (Å²) < 4.78 is 7.46. The van der Waals surface area contributed by atoms with E-state index in [4.69, 9.17) is 4.74 Å². The molecule has 0 atom stereocenters. The highest BCUT2D eigenvalue weighted by Gasteiger charge is 2.18. The molecule has 2 rings (SSSR count). The van der Waals surface area contributed by atoms with E-state index in [0.29, 0.717) is 36.7 Å². The molecule has 140 valence electrons. The summed E-state index contributed by atoms with van der Waals surface area (Å²) in [6.45, 7) is 6.84. The fraction of sp³-hybridized carbons (Fsp3) is 0.421. The summed E-state index contributed by atoms with van der Waals surface area (Å²) in [6, 6.07) is 4.80. The van der Waals surface area contributed by atoms with Gasteiger partial charge in [-0.15, -0.1) is 0 Å². The number of hydrogen-bond donors (Lipinski definition) is 1. The Morgan fingerprint density at radius 1 is 1.31 bits per heavy atom. The van der Waals surface area contributed by atoms with Gasteiger partial charge in [0.05, 0.1) is 18.8 Å². The third-order valence-corrected chi connectivity index (χ3v) is 3.96. The largest absolute Gasteiger partial charge is 0.492 e. The number of amides is 2. The third-order valence-electron chi connectivity index (χ3n) is 3.96. The molecule has 0 radical (unpaired) electrons. The number of Topliss-reactive ketones (excluding diaryl/α,β-unsaturated/α-hetero) is 1. The Kier molecular flexibility index (Phi) is 6.77. The van der Waals surface area contributed by atoms with Gasteiger partial charge >= 0.3 is 6.03 Å². The van der Waals surface area contributed by atoms with E-state index in [9.17, 15) is 9.59 Å². The molecule has 0 fully saturated rings. The normalized spacial score (nSPS) is 10.5. The number of imidazole rings is 1. The Morgan fingerprint density at radius 3 is 2.65 bits per heavy atom. The lowest BCUT2D eigenvalue weighted by atomic mass is 10.1. The van der Waals surface area contributed by atoms with Gasteiger partial charge < -0.3 is 19.5 Å². The predicted molar refractivity (Wildman–Crippen MR) is 101 cm³/mol. The molecule has 7 nitrogen and oxygen atoms in total. The number of nitrogens with one attached hydrogen (secondary N) is 1. The number of benzene rings is 1. The van der Waals surface area contributed by atoms with Gasteiger partial charge in [-0.2, -0.15) is 0 Å². The van der Waals surface area contributed by atoms with Gasteiger partial charge in [0.15, 0.2) is 5.78 Å². The molecule has 2 amide bonds. The quantitative estimate of drug-likeness (QED) is 0.733. The topological polar surface area (TPSA) is 76.5 Å². The fourth-order valence-electron chi connectivity index (χ4n) is 2.56. The van der Waals surface area contributed by atoms with Gasteiger partial charge in [-0.25, -0.2) is 9.78 Å². The Balaban J connectivity index is 2.23. The second-order valence-corrected chi connectivity index (χ2v) is 6.01. The summed E-state index contributed by atoms with van der Waals surface area (Å²) in [5.41, 5.74) is 1.01. The van der Waals surface area contributed by atoms with Crippen molar-refractivity contribution in [3.8, 4) is 5.75 Å². The number of urea groups is 1. The van der Waals surface area contributed by atoms with Gasteiger partial charge in [-0.3, -0.25) is 4.79 Å². The predicted octanol–water partition coefficient (Wildman–Crippen LogP) is 3.47. The molecule has 1 aromatic carbocycles. The van der Waals surface area contributed by atoms with Crippen LogP contribution in [0.15, 0.2) is 30.6 Å². The molecular formula is C19H26N4O3. The van der Waals surface area contributed by atoms with Crippen LogP contribution in [0.4, 0.5) is 10.5 Å². The number of aromatic nitrogens is 2. The zero-order valence-electron chi connectivity index (χ0n) is 15.8. The number of hydrogen-bond acceptors (Lipinski definition) is 4. The number of aryl methyl sites for hydroxylation is 1. The molecule has 0 saturated carbocycles. The van der Waals surface area contributed by atoms with Gasteiger partial charge in [0.25, 0.3) is 0 Å². The van der Waals surface area contributed by atoms with Gasteiger partial charge in [-0.1, -0.05) is 6.92 Å². The molecule has 0 unspecified atom stereocenters. The first kappa shape index (κ1) is 19.5. The zero-order valence-corrected chi connectivity index (χ0v) is 15.8. The number of anilines is 1. The van der Waals surface area contributed by atoms with Crippen molar-refractivity contribution in [2.75, 3.05) is 18.5 Å². The second kappa shape index (κ2) is 9.03. The van der Waals surface area contributed by atoms with Gasteiger partial charge in [0.2, 0.25) is 0 Å². The smallest absolute Gasteiger partial charge is 0.322 e. The van der Waals surface area contributed by atoms with Crippen molar-refractivity contribution in [1.82, 2.24) is 14.5 Å². The molecule has 26 heavy (non-hydrogen) atoms. The number of nitrogens with zero attached hydrogens (tertiary/aromatic N) is 3. The van der Waals surface area contributed by atoms with Crippen molar-refractivity contribution < 1.29 is 14.3 Å². The van der Waals surface area contributed by atoms with Crippen molar-refractivity contribution in [3.05, 3.63) is 42.0 Å². The van der Waals surface area contributed by atoms with Crippen LogP contribution in [0, 0.1) is 0 Å². The average molecular weight is 358 g/mol. The molecule has 0 aliphatic rings. The molecule has 1 heterocycles. The molecular weight excluding hydrogens is 332 g/mol. The van der Waals surface area contributed by atoms with Crippen molar-refractivity contribution >= 4 is 17.5 Å². The Hall–Kier alpha value is -2.83. The lowest BCUT2D eigenvalue weighted by Gasteiger charge is -2.23. The van der Waals surface area contributed by atoms with Crippen molar-refractivity contribution in [2.45, 2.75) is 33.7 Å². The molecule has 0 spiro atoms. The Labute approximate surface area is 154 Å². The average Bonchev–Trinajstić information content (AvgIpc) is 3.01. The summed E-state index contributed by atoms with van der Waals surface area (Å²) >= 11 is 0.